The molecule has 2 unspecified atom stereocenters. The summed E-state index contributed by atoms with van der Waals surface area (Å²) in [6.07, 6.45) is 2.63. The van der Waals surface area contributed by atoms with Gasteiger partial charge >= 0.3 is 0 Å². The van der Waals surface area contributed by atoms with Crippen molar-refractivity contribution in [1.29, 1.82) is 0 Å². The molecular formula is C17H27N2O4W-3. The van der Waals surface area contributed by atoms with Gasteiger partial charge in [0.25, 0.3) is 0 Å². The third kappa shape index (κ3) is 8.72. The van der Waals surface area contributed by atoms with Gasteiger partial charge < -0.3 is 36.2 Å². The molecule has 0 saturated carbocycles. The van der Waals surface area contributed by atoms with Gasteiger partial charge in [-0.3, -0.25) is 0 Å². The van der Waals surface area contributed by atoms with Crippen LogP contribution >= 0.6 is 0 Å². The number of hydrogen-bond acceptors (Lipinski definition) is 4. The summed E-state index contributed by atoms with van der Waals surface area (Å²) in [4.78, 5) is 42.8. The standard InChI is InChI=1S/2C7H11NO2.C3H7.W/c2*1-4(2)5-3-6(9)8-7(5)10;1-3-2;/h2*4-5H,3H2,1-2H3,(H,8,9,10);3H,1-2H3;/q;;-1;/p-2. The van der Waals surface area contributed by atoms with Crippen LogP contribution < -0.4 is 0 Å². The second kappa shape index (κ2) is 12.3. The summed E-state index contributed by atoms with van der Waals surface area (Å²) in [5.74, 6) is -0.808. The van der Waals surface area contributed by atoms with Crippen LogP contribution in [0.4, 0.5) is 0 Å². The monoisotopic (exact) mass is 507 g/mol. The van der Waals surface area contributed by atoms with Gasteiger partial charge in [-0.25, -0.2) is 0 Å². The second-order valence-electron chi connectivity index (χ2n) is 6.37. The summed E-state index contributed by atoms with van der Waals surface area (Å²) in [5, 5.41) is 6.63. The summed E-state index contributed by atoms with van der Waals surface area (Å²) in [6, 6.07) is 0. The molecule has 0 spiro atoms. The van der Waals surface area contributed by atoms with Crippen LogP contribution in [0.3, 0.4) is 0 Å². The van der Waals surface area contributed by atoms with Crippen LogP contribution in [0.15, 0.2) is 0 Å². The number of imide groups is 2. The van der Waals surface area contributed by atoms with Crippen LogP contribution in [-0.4, -0.2) is 23.6 Å². The van der Waals surface area contributed by atoms with Gasteiger partial charge in [0.05, 0.1) is 23.6 Å². The normalized spacial score (nSPS) is 22.2. The van der Waals surface area contributed by atoms with Crippen LogP contribution in [0.2, 0.25) is 0 Å². The Labute approximate surface area is 159 Å². The van der Waals surface area contributed by atoms with Gasteiger partial charge in [-0.2, -0.15) is 13.8 Å². The molecule has 0 aromatic heterocycles. The number of hydrogen-bond donors (Lipinski definition) is 0. The van der Waals surface area contributed by atoms with Gasteiger partial charge in [0.15, 0.2) is 0 Å². The maximum Gasteiger partial charge on any atom is 0.0603 e. The first-order valence-corrected chi connectivity index (χ1v) is 7.94. The molecule has 0 aliphatic carbocycles. The van der Waals surface area contributed by atoms with Gasteiger partial charge in [0, 0.05) is 32.9 Å². The number of carbonyl (C=O) groups excluding carboxylic acids is 4. The van der Waals surface area contributed by atoms with Gasteiger partial charge in [0.1, 0.15) is 0 Å². The number of carbonyl (C=O) groups is 4. The van der Waals surface area contributed by atoms with Gasteiger partial charge in [-0.05, 0) is 24.7 Å². The van der Waals surface area contributed by atoms with Crippen LogP contribution in [0.25, 0.3) is 10.6 Å². The molecule has 0 radical (unpaired) electrons. The first-order valence-electron chi connectivity index (χ1n) is 7.94. The Kier molecular flexibility index (Phi) is 13.0. The molecule has 2 heterocycles. The second-order valence-corrected chi connectivity index (χ2v) is 6.37. The van der Waals surface area contributed by atoms with Crippen molar-refractivity contribution in [3.8, 4) is 0 Å². The third-order valence-corrected chi connectivity index (χ3v) is 3.50. The molecule has 2 rings (SSSR count). The first-order chi connectivity index (χ1) is 10.6. The van der Waals surface area contributed by atoms with E-state index in [-0.39, 0.29) is 68.4 Å². The molecule has 0 aromatic rings. The van der Waals surface area contributed by atoms with Crippen molar-refractivity contribution in [3.05, 3.63) is 17.1 Å². The van der Waals surface area contributed by atoms with E-state index >= 15 is 0 Å². The fourth-order valence-corrected chi connectivity index (χ4v) is 2.10. The minimum atomic E-state index is -0.260. The molecule has 138 valence electrons. The maximum atomic E-state index is 10.8. The zero-order valence-corrected chi connectivity index (χ0v) is 18.2. The van der Waals surface area contributed by atoms with E-state index in [1.165, 1.54) is 0 Å². The van der Waals surface area contributed by atoms with Crippen molar-refractivity contribution in [2.24, 2.45) is 23.7 Å². The van der Waals surface area contributed by atoms with Crippen molar-refractivity contribution in [1.82, 2.24) is 0 Å². The Morgan fingerprint density at radius 3 is 1.12 bits per heavy atom. The number of rotatable bonds is 2. The van der Waals surface area contributed by atoms with Crippen molar-refractivity contribution in [2.75, 3.05) is 0 Å². The Balaban J connectivity index is 0. The zero-order valence-electron chi connectivity index (χ0n) is 15.2. The molecule has 2 saturated heterocycles. The Morgan fingerprint density at radius 1 is 0.792 bits per heavy atom. The molecule has 6 nitrogen and oxygen atoms in total. The minimum Gasteiger partial charge on any atom is -0.596 e. The number of nitrogens with zero attached hydrogens (tertiary/aromatic N) is 2. The number of amides is 4. The molecule has 2 aliphatic heterocycles. The van der Waals surface area contributed by atoms with Crippen molar-refractivity contribution in [2.45, 2.75) is 54.4 Å². The molecule has 0 aromatic carbocycles. The van der Waals surface area contributed by atoms with E-state index in [0.717, 1.165) is 0 Å². The molecule has 24 heavy (non-hydrogen) atoms. The van der Waals surface area contributed by atoms with E-state index in [1.54, 1.807) is 0 Å². The zero-order chi connectivity index (χ0) is 18.2. The molecule has 2 aliphatic rings. The van der Waals surface area contributed by atoms with Crippen molar-refractivity contribution < 1.29 is 40.2 Å². The van der Waals surface area contributed by atoms with Crippen molar-refractivity contribution >= 4 is 23.6 Å². The largest absolute Gasteiger partial charge is 0.596 e. The summed E-state index contributed by atoms with van der Waals surface area (Å²) in [6.45, 7) is 11.7. The Morgan fingerprint density at radius 2 is 1.04 bits per heavy atom. The van der Waals surface area contributed by atoms with Crippen molar-refractivity contribution in [3.63, 3.8) is 0 Å². The van der Waals surface area contributed by atoms with Crippen LogP contribution in [0, 0.1) is 30.1 Å². The van der Waals surface area contributed by atoms with Gasteiger partial charge in [0.2, 0.25) is 0 Å². The molecule has 0 bridgehead atoms. The predicted octanol–water partition coefficient (Wildman–Crippen LogP) is 3.41. The minimum absolute atomic E-state index is 0. The van der Waals surface area contributed by atoms with Crippen LogP contribution in [0.5, 0.6) is 0 Å². The van der Waals surface area contributed by atoms with Crippen LogP contribution in [0.1, 0.15) is 54.4 Å². The van der Waals surface area contributed by atoms with E-state index in [4.69, 9.17) is 0 Å². The smallest absolute Gasteiger partial charge is 0.0603 e. The van der Waals surface area contributed by atoms with E-state index < -0.39 is 0 Å². The predicted molar refractivity (Wildman–Crippen MR) is 88.3 cm³/mol. The Hall–Kier alpha value is -1.03. The van der Waals surface area contributed by atoms with E-state index in [2.05, 4.69) is 10.6 Å². The van der Waals surface area contributed by atoms with E-state index in [0.29, 0.717) is 12.8 Å². The molecule has 2 atom stereocenters. The summed E-state index contributed by atoms with van der Waals surface area (Å²) in [7, 11) is 0. The fourth-order valence-electron chi connectivity index (χ4n) is 2.10. The first kappa shape index (κ1) is 25.2. The topological polar surface area (TPSA) is 96.5 Å². The molecular weight excluding hydrogens is 480 g/mol. The van der Waals surface area contributed by atoms with Crippen LogP contribution in [-0.2, 0) is 40.2 Å². The maximum absolute atomic E-state index is 10.8. The fraction of sp³-hybridized carbons (Fsp3) is 0.706. The molecule has 2 fully saturated rings. The average Bonchev–Trinajstić information content (AvgIpc) is 2.93. The molecule has 0 N–H and O–H groups in total. The van der Waals surface area contributed by atoms with Gasteiger partial charge in [-0.1, -0.05) is 27.7 Å². The molecule has 4 amide bonds. The molecule has 7 heteroatoms. The quantitative estimate of drug-likeness (QED) is 0.423. The summed E-state index contributed by atoms with van der Waals surface area (Å²) < 4.78 is 0. The summed E-state index contributed by atoms with van der Waals surface area (Å²) >= 11 is 0. The summed E-state index contributed by atoms with van der Waals surface area (Å²) in [5.41, 5.74) is 0. The SMILES string of the molecule is CC(C)C1CC(=O)[N-]C1=O.CC(C)C1CC(=O)[N-]C1=O.C[CH-]C.[W]. The third-order valence-electron chi connectivity index (χ3n) is 3.50. The van der Waals surface area contributed by atoms with Gasteiger partial charge in [-0.15, -0.1) is 0 Å². The van der Waals surface area contributed by atoms with E-state index in [1.807, 2.05) is 48.0 Å². The van der Waals surface area contributed by atoms with E-state index in [9.17, 15) is 19.2 Å². The average molecular weight is 507 g/mol. The Bertz CT molecular complexity index is 410.